The minimum atomic E-state index is -0.0499. The number of aliphatic hydroxyl groups is 1. The number of anilines is 1. The Kier molecular flexibility index (Phi) is 7.35. The van der Waals surface area contributed by atoms with Crippen LogP contribution in [0.1, 0.15) is 43.9 Å². The first-order valence-electron chi connectivity index (χ1n) is 11.7. The largest absolute Gasteiger partial charge is 0.392 e. The molecule has 2 aliphatic heterocycles. The molecule has 7 nitrogen and oxygen atoms in total. The van der Waals surface area contributed by atoms with Gasteiger partial charge in [-0.25, -0.2) is 9.97 Å². The van der Waals surface area contributed by atoms with Gasteiger partial charge in [-0.05, 0) is 37.3 Å². The molecule has 31 heavy (non-hydrogen) atoms. The number of hydrogen-bond acceptors (Lipinski definition) is 6. The van der Waals surface area contributed by atoms with Crippen molar-refractivity contribution in [1.29, 1.82) is 0 Å². The zero-order valence-corrected chi connectivity index (χ0v) is 18.7. The highest BCUT2D eigenvalue weighted by atomic mass is 16.2. The number of amides is 1. The van der Waals surface area contributed by atoms with Crippen LogP contribution in [0.2, 0.25) is 0 Å². The summed E-state index contributed by atoms with van der Waals surface area (Å²) in [5.74, 6) is 0.943. The lowest BCUT2D eigenvalue weighted by molar-refractivity contribution is -0.130. The monoisotopic (exact) mass is 425 g/mol. The van der Waals surface area contributed by atoms with E-state index in [9.17, 15) is 9.90 Å². The Labute approximate surface area is 185 Å². The predicted molar refractivity (Wildman–Crippen MR) is 122 cm³/mol. The second kappa shape index (κ2) is 10.4. The number of rotatable bonds is 6. The summed E-state index contributed by atoms with van der Waals surface area (Å²) in [5.41, 5.74) is 3.10. The first-order chi connectivity index (χ1) is 15.2. The number of carbonyl (C=O) groups excluding carboxylic acids is 1. The molecule has 1 N–H and O–H groups in total. The lowest BCUT2D eigenvalue weighted by atomic mass is 9.91. The van der Waals surface area contributed by atoms with Gasteiger partial charge in [-0.15, -0.1) is 0 Å². The summed E-state index contributed by atoms with van der Waals surface area (Å²) in [7, 11) is 0. The molecule has 4 rings (SSSR count). The van der Waals surface area contributed by atoms with E-state index < -0.39 is 0 Å². The van der Waals surface area contributed by atoms with Crippen molar-refractivity contribution in [3.05, 3.63) is 41.3 Å². The van der Waals surface area contributed by atoms with Crippen LogP contribution in [0.25, 0.3) is 0 Å². The number of aliphatic hydroxyl groups excluding tert-OH is 1. The van der Waals surface area contributed by atoms with E-state index in [0.717, 1.165) is 67.8 Å². The standard InChI is InChI=1S/C24H35N5O2/c1-2-4-19(9-16-30)17-23(31)28-10-7-20-18-25-24(26-22(20)8-11-28)29-14-12-27(13-15-29)21-5-3-6-21/h2,4,9,18,21,30H,3,5-8,10-17H2,1H3/b4-2-,19-9+. The SMILES string of the molecule is C/C=C\C(=C/CO)CC(=O)N1CCc2cnc(N3CCN(C4CCC4)CC3)nc2CC1. The van der Waals surface area contributed by atoms with E-state index in [1.54, 1.807) is 6.08 Å². The Bertz CT molecular complexity index is 825. The first kappa shape index (κ1) is 22.0. The molecule has 1 aromatic heterocycles. The second-order valence-corrected chi connectivity index (χ2v) is 8.77. The summed E-state index contributed by atoms with van der Waals surface area (Å²) in [5, 5.41) is 9.18. The van der Waals surface area contributed by atoms with E-state index in [4.69, 9.17) is 4.98 Å². The first-order valence-corrected chi connectivity index (χ1v) is 11.7. The Hall–Kier alpha value is -2.25. The number of piperazine rings is 1. The third-order valence-corrected chi connectivity index (χ3v) is 6.84. The Morgan fingerprint density at radius 3 is 2.61 bits per heavy atom. The zero-order valence-electron chi connectivity index (χ0n) is 18.7. The number of hydrogen-bond donors (Lipinski definition) is 1. The molecular weight excluding hydrogens is 390 g/mol. The van der Waals surface area contributed by atoms with Crippen molar-refractivity contribution >= 4 is 11.9 Å². The molecule has 1 amide bonds. The van der Waals surface area contributed by atoms with Crippen molar-refractivity contribution in [3.63, 3.8) is 0 Å². The highest BCUT2D eigenvalue weighted by molar-refractivity contribution is 5.79. The molecule has 0 atom stereocenters. The fourth-order valence-corrected chi connectivity index (χ4v) is 4.72. The third-order valence-electron chi connectivity index (χ3n) is 6.84. The number of carbonyl (C=O) groups is 1. The summed E-state index contributed by atoms with van der Waals surface area (Å²) in [4.78, 5) is 29.3. The van der Waals surface area contributed by atoms with Crippen LogP contribution in [0, 0.1) is 0 Å². The van der Waals surface area contributed by atoms with Gasteiger partial charge in [0.05, 0.1) is 18.7 Å². The van der Waals surface area contributed by atoms with Gasteiger partial charge in [0.25, 0.3) is 0 Å². The summed E-state index contributed by atoms with van der Waals surface area (Å²) < 4.78 is 0. The van der Waals surface area contributed by atoms with Crippen LogP contribution in [0.4, 0.5) is 5.95 Å². The third kappa shape index (κ3) is 5.33. The van der Waals surface area contributed by atoms with Crippen molar-refractivity contribution in [3.8, 4) is 0 Å². The van der Waals surface area contributed by atoms with Crippen LogP contribution < -0.4 is 4.90 Å². The molecule has 1 aromatic rings. The predicted octanol–water partition coefficient (Wildman–Crippen LogP) is 1.96. The normalized spacial score (nSPS) is 21.2. The number of allylic oxidation sites excluding steroid dienone is 2. The molecule has 3 aliphatic rings. The zero-order chi connectivity index (χ0) is 21.6. The van der Waals surface area contributed by atoms with E-state index in [2.05, 4.69) is 14.8 Å². The Morgan fingerprint density at radius 2 is 1.94 bits per heavy atom. The van der Waals surface area contributed by atoms with E-state index in [-0.39, 0.29) is 12.5 Å². The van der Waals surface area contributed by atoms with Gasteiger partial charge in [-0.2, -0.15) is 0 Å². The fourth-order valence-electron chi connectivity index (χ4n) is 4.72. The van der Waals surface area contributed by atoms with Crippen LogP contribution in [0.15, 0.2) is 30.0 Å². The molecule has 7 heteroatoms. The van der Waals surface area contributed by atoms with Gasteiger partial charge in [0.2, 0.25) is 11.9 Å². The molecular formula is C24H35N5O2. The van der Waals surface area contributed by atoms with Gasteiger partial charge in [0.1, 0.15) is 0 Å². The van der Waals surface area contributed by atoms with Crippen LogP contribution in [0.5, 0.6) is 0 Å². The van der Waals surface area contributed by atoms with Crippen LogP contribution in [0.3, 0.4) is 0 Å². The number of fused-ring (bicyclic) bond motifs is 1. The van der Waals surface area contributed by atoms with E-state index in [1.165, 1.54) is 19.3 Å². The summed E-state index contributed by atoms with van der Waals surface area (Å²) >= 11 is 0. The average Bonchev–Trinajstić information content (AvgIpc) is 2.96. The average molecular weight is 426 g/mol. The van der Waals surface area contributed by atoms with Gasteiger partial charge in [-0.3, -0.25) is 9.69 Å². The molecule has 2 fully saturated rings. The maximum absolute atomic E-state index is 12.8. The van der Waals surface area contributed by atoms with Crippen LogP contribution >= 0.6 is 0 Å². The van der Waals surface area contributed by atoms with Crippen molar-refractivity contribution in [2.75, 3.05) is 50.8 Å². The lowest BCUT2D eigenvalue weighted by Gasteiger charge is -2.43. The van der Waals surface area contributed by atoms with Gasteiger partial charge in [-0.1, -0.05) is 24.6 Å². The maximum Gasteiger partial charge on any atom is 0.227 e. The van der Waals surface area contributed by atoms with E-state index >= 15 is 0 Å². The molecule has 1 saturated heterocycles. The minimum absolute atomic E-state index is 0.0499. The molecule has 0 spiro atoms. The highest BCUT2D eigenvalue weighted by Crippen LogP contribution is 2.26. The van der Waals surface area contributed by atoms with Crippen molar-refractivity contribution in [1.82, 2.24) is 19.8 Å². The topological polar surface area (TPSA) is 72.8 Å². The quantitative estimate of drug-likeness (QED) is 0.703. The molecule has 0 radical (unpaired) electrons. The molecule has 168 valence electrons. The molecule has 0 bridgehead atoms. The minimum Gasteiger partial charge on any atom is -0.392 e. The van der Waals surface area contributed by atoms with Crippen molar-refractivity contribution in [2.24, 2.45) is 0 Å². The summed E-state index contributed by atoms with van der Waals surface area (Å²) in [6.07, 6.45) is 13.4. The van der Waals surface area contributed by atoms with E-state index in [0.29, 0.717) is 19.5 Å². The smallest absolute Gasteiger partial charge is 0.227 e. The highest BCUT2D eigenvalue weighted by Gasteiger charge is 2.29. The fraction of sp³-hybridized carbons (Fsp3) is 0.625. The molecule has 0 aromatic carbocycles. The molecule has 1 saturated carbocycles. The van der Waals surface area contributed by atoms with E-state index in [1.807, 2.05) is 30.2 Å². The van der Waals surface area contributed by atoms with Gasteiger partial charge in [0, 0.05) is 57.9 Å². The van der Waals surface area contributed by atoms with Crippen LogP contribution in [-0.4, -0.2) is 82.7 Å². The van der Waals surface area contributed by atoms with Gasteiger partial charge < -0.3 is 14.9 Å². The van der Waals surface area contributed by atoms with Crippen LogP contribution in [-0.2, 0) is 17.6 Å². The number of aromatic nitrogens is 2. The Morgan fingerprint density at radius 1 is 1.16 bits per heavy atom. The molecule has 0 unspecified atom stereocenters. The second-order valence-electron chi connectivity index (χ2n) is 8.77. The Balaban J connectivity index is 1.35. The van der Waals surface area contributed by atoms with Gasteiger partial charge in [0.15, 0.2) is 0 Å². The maximum atomic E-state index is 12.8. The molecule has 1 aliphatic carbocycles. The van der Waals surface area contributed by atoms with Gasteiger partial charge >= 0.3 is 0 Å². The lowest BCUT2D eigenvalue weighted by Crippen LogP contribution is -2.52. The number of nitrogens with zero attached hydrogens (tertiary/aromatic N) is 5. The molecule has 3 heterocycles. The van der Waals surface area contributed by atoms with Crippen molar-refractivity contribution in [2.45, 2.75) is 51.5 Å². The summed E-state index contributed by atoms with van der Waals surface area (Å²) in [6.45, 7) is 7.42. The summed E-state index contributed by atoms with van der Waals surface area (Å²) in [6, 6.07) is 0.805. The van der Waals surface area contributed by atoms with Crippen molar-refractivity contribution < 1.29 is 9.90 Å².